The minimum Gasteiger partial charge on any atom is -0.452 e. The van der Waals surface area contributed by atoms with Crippen LogP contribution >= 0.6 is 23.2 Å². The van der Waals surface area contributed by atoms with Crippen molar-refractivity contribution in [3.05, 3.63) is 69.7 Å². The summed E-state index contributed by atoms with van der Waals surface area (Å²) in [5.41, 5.74) is 1.10. The van der Waals surface area contributed by atoms with Gasteiger partial charge in [0, 0.05) is 0 Å². The fourth-order valence-electron chi connectivity index (χ4n) is 2.22. The summed E-state index contributed by atoms with van der Waals surface area (Å²) in [4.78, 5) is 35.7. The maximum Gasteiger partial charge on any atom is 0.338 e. The largest absolute Gasteiger partial charge is 0.452 e. The lowest BCUT2D eigenvalue weighted by atomic mass is 10.0. The third-order valence-corrected chi connectivity index (χ3v) is 4.34. The van der Waals surface area contributed by atoms with Gasteiger partial charge in [0.2, 0.25) is 0 Å². The fourth-order valence-corrected chi connectivity index (χ4v) is 2.52. The molecule has 0 heterocycles. The molecule has 5 nitrogen and oxygen atoms in total. The Morgan fingerprint density at radius 2 is 1.73 bits per heavy atom. The zero-order valence-electron chi connectivity index (χ0n) is 14.0. The quantitative estimate of drug-likeness (QED) is 0.730. The van der Waals surface area contributed by atoms with E-state index in [0.29, 0.717) is 11.4 Å². The van der Waals surface area contributed by atoms with Gasteiger partial charge in [-0.3, -0.25) is 9.59 Å². The number of benzene rings is 2. The summed E-state index contributed by atoms with van der Waals surface area (Å²) in [6, 6.07) is 12.9. The highest BCUT2D eigenvalue weighted by molar-refractivity contribution is 6.42. The lowest BCUT2D eigenvalue weighted by Gasteiger charge is -2.16. The number of ketones is 1. The second-order valence-electron chi connectivity index (χ2n) is 5.63. The van der Waals surface area contributed by atoms with Crippen LogP contribution in [0.5, 0.6) is 0 Å². The molecule has 136 valence electrons. The van der Waals surface area contributed by atoms with E-state index in [1.165, 1.54) is 25.1 Å². The number of halogens is 2. The van der Waals surface area contributed by atoms with Crippen molar-refractivity contribution in [1.82, 2.24) is 5.32 Å². The fraction of sp³-hybridized carbons (Fsp3) is 0.211. The lowest BCUT2D eigenvalue weighted by molar-refractivity contribution is -0.128. The smallest absolute Gasteiger partial charge is 0.338 e. The van der Waals surface area contributed by atoms with Gasteiger partial charge in [-0.05, 0) is 37.1 Å². The average molecular weight is 394 g/mol. The minimum absolute atomic E-state index is 0.180. The molecule has 0 unspecified atom stereocenters. The second-order valence-corrected chi connectivity index (χ2v) is 6.44. The molecule has 0 spiro atoms. The van der Waals surface area contributed by atoms with Crippen molar-refractivity contribution >= 4 is 40.9 Å². The van der Waals surface area contributed by atoms with Gasteiger partial charge in [0.1, 0.15) is 0 Å². The molecule has 0 fully saturated rings. The van der Waals surface area contributed by atoms with Crippen LogP contribution in [0.3, 0.4) is 0 Å². The number of ether oxygens (including phenoxy) is 1. The SMILES string of the molecule is CC(=O)[C@H](Cc1ccccc1)NC(=O)COC(=O)c1ccc(Cl)c(Cl)c1. The number of nitrogens with one attached hydrogen (secondary N) is 1. The Balaban J connectivity index is 1.90. The number of carbonyl (C=O) groups is 3. The summed E-state index contributed by atoms with van der Waals surface area (Å²) >= 11 is 11.6. The predicted octanol–water partition coefficient (Wildman–Crippen LogP) is 3.47. The van der Waals surface area contributed by atoms with Crippen LogP contribution in [0.25, 0.3) is 0 Å². The van der Waals surface area contributed by atoms with E-state index in [9.17, 15) is 14.4 Å². The number of amides is 1. The molecule has 2 aromatic carbocycles. The van der Waals surface area contributed by atoms with E-state index in [0.717, 1.165) is 5.56 Å². The highest BCUT2D eigenvalue weighted by atomic mass is 35.5. The molecule has 0 saturated carbocycles. The van der Waals surface area contributed by atoms with Crippen molar-refractivity contribution in [2.45, 2.75) is 19.4 Å². The van der Waals surface area contributed by atoms with Gasteiger partial charge < -0.3 is 10.1 Å². The first-order valence-electron chi connectivity index (χ1n) is 7.82. The highest BCUT2D eigenvalue weighted by Gasteiger charge is 2.19. The molecule has 26 heavy (non-hydrogen) atoms. The first kappa shape index (κ1) is 19.9. The van der Waals surface area contributed by atoms with E-state index in [1.807, 2.05) is 30.3 Å². The van der Waals surface area contributed by atoms with Crippen molar-refractivity contribution in [3.8, 4) is 0 Å². The Labute approximate surface area is 161 Å². The maximum atomic E-state index is 12.0. The molecule has 0 saturated heterocycles. The molecule has 1 amide bonds. The van der Waals surface area contributed by atoms with Gasteiger partial charge in [0.05, 0.1) is 21.7 Å². The Bertz CT molecular complexity index is 808. The van der Waals surface area contributed by atoms with Gasteiger partial charge in [-0.15, -0.1) is 0 Å². The molecule has 0 radical (unpaired) electrons. The molecule has 1 atom stereocenters. The van der Waals surface area contributed by atoms with Crippen molar-refractivity contribution in [2.75, 3.05) is 6.61 Å². The van der Waals surface area contributed by atoms with E-state index in [-0.39, 0.29) is 16.4 Å². The van der Waals surface area contributed by atoms with Crippen molar-refractivity contribution in [1.29, 1.82) is 0 Å². The van der Waals surface area contributed by atoms with Crippen LogP contribution in [-0.2, 0) is 20.7 Å². The van der Waals surface area contributed by atoms with Crippen LogP contribution in [0.4, 0.5) is 0 Å². The number of hydrogen-bond donors (Lipinski definition) is 1. The predicted molar refractivity (Wildman–Crippen MR) is 99.5 cm³/mol. The van der Waals surface area contributed by atoms with Gasteiger partial charge >= 0.3 is 5.97 Å². The summed E-state index contributed by atoms with van der Waals surface area (Å²) in [5.74, 6) is -1.45. The Hall–Kier alpha value is -2.37. The molecular weight excluding hydrogens is 377 g/mol. The van der Waals surface area contributed by atoms with E-state index in [2.05, 4.69) is 5.32 Å². The third-order valence-electron chi connectivity index (χ3n) is 3.60. The third kappa shape index (κ3) is 5.86. The standard InChI is InChI=1S/C19H17Cl2NO4/c1-12(23)17(9-13-5-3-2-4-6-13)22-18(24)11-26-19(25)14-7-8-15(20)16(21)10-14/h2-8,10,17H,9,11H2,1H3,(H,22,24)/t17-/m0/s1. The summed E-state index contributed by atoms with van der Waals surface area (Å²) in [6.45, 7) is 0.896. The Kier molecular flexibility index (Phi) is 7.18. The monoisotopic (exact) mass is 393 g/mol. The van der Waals surface area contributed by atoms with Crippen LogP contribution in [0, 0.1) is 0 Å². The number of carbonyl (C=O) groups excluding carboxylic acids is 3. The van der Waals surface area contributed by atoms with Gasteiger partial charge in [0.15, 0.2) is 12.4 Å². The molecule has 0 aliphatic rings. The maximum absolute atomic E-state index is 12.0. The topological polar surface area (TPSA) is 72.5 Å². The van der Waals surface area contributed by atoms with Crippen molar-refractivity contribution < 1.29 is 19.1 Å². The molecule has 7 heteroatoms. The van der Waals surface area contributed by atoms with Gasteiger partial charge in [-0.1, -0.05) is 53.5 Å². The van der Waals surface area contributed by atoms with Crippen LogP contribution in [0.1, 0.15) is 22.8 Å². The van der Waals surface area contributed by atoms with Gasteiger partial charge in [-0.2, -0.15) is 0 Å². The number of rotatable bonds is 7. The van der Waals surface area contributed by atoms with E-state index < -0.39 is 24.5 Å². The van der Waals surface area contributed by atoms with Crippen LogP contribution in [0.2, 0.25) is 10.0 Å². The first-order chi connectivity index (χ1) is 12.4. The normalized spacial score (nSPS) is 11.5. The van der Waals surface area contributed by atoms with Crippen LogP contribution in [-0.4, -0.2) is 30.3 Å². The van der Waals surface area contributed by atoms with Crippen LogP contribution < -0.4 is 5.32 Å². The van der Waals surface area contributed by atoms with Crippen LogP contribution in [0.15, 0.2) is 48.5 Å². The van der Waals surface area contributed by atoms with Gasteiger partial charge in [-0.25, -0.2) is 4.79 Å². The van der Waals surface area contributed by atoms with Crippen molar-refractivity contribution in [2.24, 2.45) is 0 Å². The number of hydrogen-bond acceptors (Lipinski definition) is 4. The summed E-state index contributed by atoms with van der Waals surface area (Å²) in [7, 11) is 0. The molecule has 2 aromatic rings. The lowest BCUT2D eigenvalue weighted by Crippen LogP contribution is -2.43. The summed E-state index contributed by atoms with van der Waals surface area (Å²) in [5, 5.41) is 3.10. The molecular formula is C19H17Cl2NO4. The van der Waals surface area contributed by atoms with E-state index in [4.69, 9.17) is 27.9 Å². The highest BCUT2D eigenvalue weighted by Crippen LogP contribution is 2.22. The molecule has 0 aromatic heterocycles. The molecule has 0 aliphatic heterocycles. The first-order valence-corrected chi connectivity index (χ1v) is 8.58. The zero-order valence-corrected chi connectivity index (χ0v) is 15.5. The Morgan fingerprint density at radius 3 is 2.35 bits per heavy atom. The Morgan fingerprint density at radius 1 is 1.04 bits per heavy atom. The molecule has 0 bridgehead atoms. The van der Waals surface area contributed by atoms with Crippen molar-refractivity contribution in [3.63, 3.8) is 0 Å². The number of esters is 1. The minimum atomic E-state index is -0.707. The molecule has 2 rings (SSSR count). The molecule has 0 aliphatic carbocycles. The summed E-state index contributed by atoms with van der Waals surface area (Å²) < 4.78 is 4.95. The zero-order chi connectivity index (χ0) is 19.1. The number of Topliss-reactive ketones (excluding diaryl/α,β-unsaturated/α-hetero) is 1. The molecule has 1 N–H and O–H groups in total. The van der Waals surface area contributed by atoms with E-state index in [1.54, 1.807) is 0 Å². The van der Waals surface area contributed by atoms with E-state index >= 15 is 0 Å². The average Bonchev–Trinajstić information content (AvgIpc) is 2.62. The van der Waals surface area contributed by atoms with Gasteiger partial charge in [0.25, 0.3) is 5.91 Å². The second kappa shape index (κ2) is 9.36. The summed E-state index contributed by atoms with van der Waals surface area (Å²) in [6.07, 6.45) is 0.364.